The van der Waals surface area contributed by atoms with Crippen molar-refractivity contribution in [2.24, 2.45) is 5.92 Å². The van der Waals surface area contributed by atoms with Crippen LogP contribution in [0.15, 0.2) is 22.6 Å². The van der Waals surface area contributed by atoms with E-state index in [0.717, 1.165) is 19.7 Å². The molecular formula is C18H25N5O4. The number of amides is 2. The first-order valence-corrected chi connectivity index (χ1v) is 8.85. The standard InChI is InChI=1S/C18H25N5O4/c1-12-21-22-17(27-12)14-4-5-16(25-3)15(8-14)20-18(24)19-9-13-10-23(2)6-7-26-11-13/h4-5,8,13H,6-7,9-11H2,1-3H3,(H2,19,20,24)/t13-/m0/s1. The van der Waals surface area contributed by atoms with E-state index < -0.39 is 0 Å². The van der Waals surface area contributed by atoms with Crippen molar-refractivity contribution in [3.8, 4) is 17.2 Å². The van der Waals surface area contributed by atoms with Crippen molar-refractivity contribution in [2.45, 2.75) is 6.92 Å². The molecule has 9 heteroatoms. The minimum absolute atomic E-state index is 0.248. The molecule has 0 aliphatic carbocycles. The summed E-state index contributed by atoms with van der Waals surface area (Å²) >= 11 is 0. The number of hydrogen-bond acceptors (Lipinski definition) is 7. The number of urea groups is 1. The molecule has 0 bridgehead atoms. The van der Waals surface area contributed by atoms with Crippen molar-refractivity contribution in [1.82, 2.24) is 20.4 Å². The normalized spacial score (nSPS) is 18.0. The predicted molar refractivity (Wildman–Crippen MR) is 99.9 cm³/mol. The Morgan fingerprint density at radius 1 is 1.41 bits per heavy atom. The van der Waals surface area contributed by atoms with E-state index in [1.54, 1.807) is 32.2 Å². The minimum Gasteiger partial charge on any atom is -0.495 e. The van der Waals surface area contributed by atoms with E-state index in [2.05, 4.69) is 32.8 Å². The van der Waals surface area contributed by atoms with Gasteiger partial charge in [0.15, 0.2) is 0 Å². The molecule has 2 N–H and O–H groups in total. The third-order valence-corrected chi connectivity index (χ3v) is 4.31. The average Bonchev–Trinajstić information content (AvgIpc) is 2.98. The molecule has 0 spiro atoms. The van der Waals surface area contributed by atoms with Crippen LogP contribution in [0.4, 0.5) is 10.5 Å². The van der Waals surface area contributed by atoms with Crippen LogP contribution < -0.4 is 15.4 Å². The number of ether oxygens (including phenoxy) is 2. The molecule has 1 aromatic carbocycles. The second kappa shape index (κ2) is 8.83. The highest BCUT2D eigenvalue weighted by molar-refractivity contribution is 5.91. The number of aryl methyl sites for hydroxylation is 1. The average molecular weight is 375 g/mol. The zero-order valence-corrected chi connectivity index (χ0v) is 15.8. The lowest BCUT2D eigenvalue weighted by molar-refractivity contribution is 0.122. The molecule has 1 atom stereocenters. The summed E-state index contributed by atoms with van der Waals surface area (Å²) in [4.78, 5) is 14.6. The molecule has 1 aliphatic rings. The van der Waals surface area contributed by atoms with Gasteiger partial charge in [-0.3, -0.25) is 0 Å². The maximum atomic E-state index is 12.4. The summed E-state index contributed by atoms with van der Waals surface area (Å²) in [6.45, 7) is 5.40. The quantitative estimate of drug-likeness (QED) is 0.821. The third-order valence-electron chi connectivity index (χ3n) is 4.31. The van der Waals surface area contributed by atoms with Gasteiger partial charge in [0.25, 0.3) is 0 Å². The fraction of sp³-hybridized carbons (Fsp3) is 0.500. The fourth-order valence-corrected chi connectivity index (χ4v) is 2.93. The van der Waals surface area contributed by atoms with E-state index in [4.69, 9.17) is 13.9 Å². The largest absolute Gasteiger partial charge is 0.495 e. The van der Waals surface area contributed by atoms with Crippen LogP contribution in [-0.4, -0.2) is 68.1 Å². The second-order valence-corrected chi connectivity index (χ2v) is 6.58. The molecule has 1 aliphatic heterocycles. The van der Waals surface area contributed by atoms with E-state index in [-0.39, 0.29) is 11.9 Å². The number of hydrogen-bond donors (Lipinski definition) is 2. The van der Waals surface area contributed by atoms with Gasteiger partial charge in [-0.25, -0.2) is 4.79 Å². The summed E-state index contributed by atoms with van der Waals surface area (Å²) in [6, 6.07) is 4.99. The van der Waals surface area contributed by atoms with Crippen molar-refractivity contribution in [3.63, 3.8) is 0 Å². The van der Waals surface area contributed by atoms with Crippen LogP contribution in [0.2, 0.25) is 0 Å². The van der Waals surface area contributed by atoms with Crippen LogP contribution in [0.3, 0.4) is 0 Å². The third kappa shape index (κ3) is 5.18. The van der Waals surface area contributed by atoms with Gasteiger partial charge in [0.1, 0.15) is 5.75 Å². The molecule has 0 radical (unpaired) electrons. The van der Waals surface area contributed by atoms with Gasteiger partial charge in [-0.15, -0.1) is 10.2 Å². The molecule has 1 saturated heterocycles. The SMILES string of the molecule is COc1ccc(-c2nnc(C)o2)cc1NC(=O)NC[C@@H]1COCCN(C)C1. The Morgan fingerprint density at radius 2 is 2.26 bits per heavy atom. The van der Waals surface area contributed by atoms with Crippen LogP contribution in [-0.2, 0) is 4.74 Å². The van der Waals surface area contributed by atoms with Crippen molar-refractivity contribution >= 4 is 11.7 Å². The van der Waals surface area contributed by atoms with E-state index in [9.17, 15) is 4.79 Å². The molecular weight excluding hydrogens is 350 g/mol. The number of benzene rings is 1. The molecule has 2 amide bonds. The van der Waals surface area contributed by atoms with E-state index in [1.807, 2.05) is 0 Å². The fourth-order valence-electron chi connectivity index (χ4n) is 2.93. The van der Waals surface area contributed by atoms with Crippen LogP contribution >= 0.6 is 0 Å². The first kappa shape index (κ1) is 19.1. The van der Waals surface area contributed by atoms with Gasteiger partial charge >= 0.3 is 6.03 Å². The summed E-state index contributed by atoms with van der Waals surface area (Å²) in [5.74, 6) is 1.65. The maximum absolute atomic E-state index is 12.4. The maximum Gasteiger partial charge on any atom is 0.319 e. The van der Waals surface area contributed by atoms with Crippen molar-refractivity contribution in [1.29, 1.82) is 0 Å². The highest BCUT2D eigenvalue weighted by Gasteiger charge is 2.18. The van der Waals surface area contributed by atoms with Crippen LogP contribution in [0, 0.1) is 12.8 Å². The topological polar surface area (TPSA) is 102 Å². The summed E-state index contributed by atoms with van der Waals surface area (Å²) < 4.78 is 16.3. The van der Waals surface area contributed by atoms with Crippen molar-refractivity contribution in [2.75, 3.05) is 52.3 Å². The number of rotatable bonds is 5. The molecule has 27 heavy (non-hydrogen) atoms. The molecule has 1 fully saturated rings. The van der Waals surface area contributed by atoms with Gasteiger partial charge in [-0.2, -0.15) is 0 Å². The van der Waals surface area contributed by atoms with Crippen LogP contribution in [0.25, 0.3) is 11.5 Å². The molecule has 2 aromatic rings. The molecule has 0 unspecified atom stereocenters. The first-order chi connectivity index (χ1) is 13.0. The Labute approximate surface area is 158 Å². The second-order valence-electron chi connectivity index (χ2n) is 6.58. The van der Waals surface area contributed by atoms with Crippen LogP contribution in [0.5, 0.6) is 5.75 Å². The summed E-state index contributed by atoms with van der Waals surface area (Å²) in [5, 5.41) is 13.6. The Hall–Kier alpha value is -2.65. The molecule has 0 saturated carbocycles. The highest BCUT2D eigenvalue weighted by Crippen LogP contribution is 2.30. The molecule has 146 valence electrons. The number of nitrogens with zero attached hydrogens (tertiary/aromatic N) is 3. The lowest BCUT2D eigenvalue weighted by atomic mass is 10.1. The predicted octanol–water partition coefficient (Wildman–Crippen LogP) is 1.75. The van der Waals surface area contributed by atoms with Gasteiger partial charge in [0, 0.05) is 38.0 Å². The first-order valence-electron chi connectivity index (χ1n) is 8.85. The molecule has 9 nitrogen and oxygen atoms in total. The Kier molecular flexibility index (Phi) is 6.25. The number of carbonyl (C=O) groups is 1. The van der Waals surface area contributed by atoms with E-state index >= 15 is 0 Å². The van der Waals surface area contributed by atoms with Gasteiger partial charge in [-0.05, 0) is 25.2 Å². The van der Waals surface area contributed by atoms with E-state index in [0.29, 0.717) is 41.9 Å². The van der Waals surface area contributed by atoms with Gasteiger partial charge in [0.2, 0.25) is 11.8 Å². The number of methoxy groups -OCH3 is 1. The van der Waals surface area contributed by atoms with Gasteiger partial charge < -0.3 is 29.4 Å². The smallest absolute Gasteiger partial charge is 0.319 e. The Bertz CT molecular complexity index is 779. The lowest BCUT2D eigenvalue weighted by Gasteiger charge is -2.19. The number of anilines is 1. The number of aromatic nitrogens is 2. The highest BCUT2D eigenvalue weighted by atomic mass is 16.5. The summed E-state index contributed by atoms with van der Waals surface area (Å²) in [6.07, 6.45) is 0. The van der Waals surface area contributed by atoms with Crippen molar-refractivity contribution < 1.29 is 18.7 Å². The monoisotopic (exact) mass is 375 g/mol. The molecule has 2 heterocycles. The van der Waals surface area contributed by atoms with Gasteiger partial charge in [0.05, 0.1) is 26.0 Å². The zero-order valence-electron chi connectivity index (χ0n) is 15.8. The van der Waals surface area contributed by atoms with Gasteiger partial charge in [-0.1, -0.05) is 0 Å². The number of likely N-dealkylation sites (N-methyl/N-ethyl adjacent to an activating group) is 1. The lowest BCUT2D eigenvalue weighted by Crippen LogP contribution is -2.37. The molecule has 1 aromatic heterocycles. The Balaban J connectivity index is 1.63. The van der Waals surface area contributed by atoms with Crippen LogP contribution in [0.1, 0.15) is 5.89 Å². The van der Waals surface area contributed by atoms with Crippen molar-refractivity contribution in [3.05, 3.63) is 24.1 Å². The number of nitrogens with one attached hydrogen (secondary N) is 2. The Morgan fingerprint density at radius 3 is 3.00 bits per heavy atom. The zero-order chi connectivity index (χ0) is 19.2. The van der Waals surface area contributed by atoms with E-state index in [1.165, 1.54) is 0 Å². The summed E-state index contributed by atoms with van der Waals surface area (Å²) in [7, 11) is 3.60. The minimum atomic E-state index is -0.306. The summed E-state index contributed by atoms with van der Waals surface area (Å²) in [5.41, 5.74) is 1.23. The molecule has 3 rings (SSSR count). The number of carbonyl (C=O) groups excluding carboxylic acids is 1.